The van der Waals surface area contributed by atoms with Gasteiger partial charge in [-0.05, 0) is 59.4 Å². The number of rotatable bonds is 6. The van der Waals surface area contributed by atoms with Gasteiger partial charge in [0.15, 0.2) is 0 Å². The average molecular weight is 296 g/mol. The zero-order chi connectivity index (χ0) is 15.9. The molecule has 0 aliphatic carbocycles. The lowest BCUT2D eigenvalue weighted by molar-refractivity contribution is 0.289. The molecule has 0 saturated heterocycles. The molecule has 0 fully saturated rings. The van der Waals surface area contributed by atoms with Crippen molar-refractivity contribution in [3.05, 3.63) is 77.9 Å². The third kappa shape index (κ3) is 3.77. The molecule has 22 heavy (non-hydrogen) atoms. The van der Waals surface area contributed by atoms with Crippen molar-refractivity contribution >= 4 is 5.57 Å². The maximum atomic E-state index is 9.48. The van der Waals surface area contributed by atoms with E-state index in [4.69, 9.17) is 5.11 Å². The van der Waals surface area contributed by atoms with Crippen LogP contribution in [0.5, 0.6) is 11.5 Å². The molecule has 3 heteroatoms. The molecule has 2 aromatic carbocycles. The number of phenols is 2. The van der Waals surface area contributed by atoms with E-state index in [2.05, 4.69) is 6.58 Å². The highest BCUT2D eigenvalue weighted by Crippen LogP contribution is 2.31. The Hall–Kier alpha value is -2.52. The molecule has 0 amide bonds. The lowest BCUT2D eigenvalue weighted by atomic mass is 9.91. The van der Waals surface area contributed by atoms with Crippen LogP contribution >= 0.6 is 0 Å². The van der Waals surface area contributed by atoms with Crippen molar-refractivity contribution in [2.75, 3.05) is 6.61 Å². The number of allylic oxidation sites excluding steroid dienone is 2. The molecule has 2 aromatic rings. The number of phenolic OH excluding ortho intramolecular Hbond substituents is 2. The molecule has 0 spiro atoms. The van der Waals surface area contributed by atoms with E-state index in [9.17, 15) is 10.2 Å². The Kier molecular flexibility index (Phi) is 5.39. The minimum absolute atomic E-state index is 0.121. The van der Waals surface area contributed by atoms with Crippen LogP contribution in [0.15, 0.2) is 66.8 Å². The number of hydrogen-bond acceptors (Lipinski definition) is 3. The molecule has 3 nitrogen and oxygen atoms in total. The second kappa shape index (κ2) is 7.48. The summed E-state index contributed by atoms with van der Waals surface area (Å²) in [5, 5.41) is 28.0. The van der Waals surface area contributed by atoms with Gasteiger partial charge in [-0.1, -0.05) is 36.9 Å². The fourth-order valence-corrected chi connectivity index (χ4v) is 2.39. The first-order valence-corrected chi connectivity index (χ1v) is 7.21. The Morgan fingerprint density at radius 1 is 0.864 bits per heavy atom. The van der Waals surface area contributed by atoms with Crippen LogP contribution < -0.4 is 0 Å². The van der Waals surface area contributed by atoms with Crippen molar-refractivity contribution in [1.82, 2.24) is 0 Å². The van der Waals surface area contributed by atoms with Crippen LogP contribution in [-0.4, -0.2) is 21.9 Å². The monoisotopic (exact) mass is 296 g/mol. The van der Waals surface area contributed by atoms with Crippen LogP contribution in [0, 0.1) is 0 Å². The summed E-state index contributed by atoms with van der Waals surface area (Å²) >= 11 is 0. The van der Waals surface area contributed by atoms with E-state index >= 15 is 0 Å². The Morgan fingerprint density at radius 2 is 1.32 bits per heavy atom. The largest absolute Gasteiger partial charge is 0.508 e. The van der Waals surface area contributed by atoms with Gasteiger partial charge in [-0.2, -0.15) is 0 Å². The summed E-state index contributed by atoms with van der Waals surface area (Å²) < 4.78 is 0. The van der Waals surface area contributed by atoms with Crippen molar-refractivity contribution in [3.63, 3.8) is 0 Å². The van der Waals surface area contributed by atoms with Crippen molar-refractivity contribution < 1.29 is 15.3 Å². The first-order chi connectivity index (χ1) is 10.7. The lowest BCUT2D eigenvalue weighted by Crippen LogP contribution is -1.95. The van der Waals surface area contributed by atoms with Crippen molar-refractivity contribution in [1.29, 1.82) is 0 Å². The summed E-state index contributed by atoms with van der Waals surface area (Å²) in [6.45, 7) is 4.00. The molecule has 3 N–H and O–H groups in total. The second-order valence-electron chi connectivity index (χ2n) is 5.03. The summed E-state index contributed by atoms with van der Waals surface area (Å²) in [7, 11) is 0. The minimum Gasteiger partial charge on any atom is -0.508 e. The Morgan fingerprint density at radius 3 is 1.68 bits per heavy atom. The maximum Gasteiger partial charge on any atom is 0.115 e. The summed E-state index contributed by atoms with van der Waals surface area (Å²) in [5.74, 6) is 0.425. The minimum atomic E-state index is 0.121. The first-order valence-electron chi connectivity index (χ1n) is 7.21. The molecule has 0 aliphatic heterocycles. The zero-order valence-electron chi connectivity index (χ0n) is 12.4. The fourth-order valence-electron chi connectivity index (χ4n) is 2.39. The van der Waals surface area contributed by atoms with E-state index in [0.717, 1.165) is 22.3 Å². The van der Waals surface area contributed by atoms with E-state index in [1.54, 1.807) is 30.3 Å². The normalized spacial score (nSPS) is 10.2. The molecule has 114 valence electrons. The lowest BCUT2D eigenvalue weighted by Gasteiger charge is -2.14. The number of aliphatic hydroxyl groups excluding tert-OH is 1. The Labute approximate surface area is 130 Å². The van der Waals surface area contributed by atoms with Gasteiger partial charge in [-0.15, -0.1) is 0 Å². The molecule has 0 bridgehead atoms. The van der Waals surface area contributed by atoms with Crippen molar-refractivity contribution in [2.24, 2.45) is 0 Å². The van der Waals surface area contributed by atoms with Gasteiger partial charge >= 0.3 is 0 Å². The molecule has 0 aliphatic rings. The molecule has 0 heterocycles. The molecular formula is C19H20O3. The summed E-state index contributed by atoms with van der Waals surface area (Å²) in [6, 6.07) is 14.0. The van der Waals surface area contributed by atoms with Gasteiger partial charge in [0.05, 0.1) is 0 Å². The smallest absolute Gasteiger partial charge is 0.115 e. The third-order valence-electron chi connectivity index (χ3n) is 3.48. The van der Waals surface area contributed by atoms with E-state index in [0.29, 0.717) is 12.8 Å². The molecule has 0 radical (unpaired) electrons. The quantitative estimate of drug-likeness (QED) is 0.709. The first kappa shape index (κ1) is 15.9. The SMILES string of the molecule is C=CC(CCCO)=C(c1ccc(O)cc1)c1ccc(O)cc1. The predicted octanol–water partition coefficient (Wildman–Crippen LogP) is 3.86. The van der Waals surface area contributed by atoms with Crippen molar-refractivity contribution in [2.45, 2.75) is 12.8 Å². The zero-order valence-corrected chi connectivity index (χ0v) is 12.4. The van der Waals surface area contributed by atoms with Gasteiger partial charge in [0.1, 0.15) is 11.5 Å². The Bertz CT molecular complexity index is 605. The molecular weight excluding hydrogens is 276 g/mol. The number of hydrogen-bond donors (Lipinski definition) is 3. The van der Waals surface area contributed by atoms with Gasteiger partial charge in [0, 0.05) is 6.61 Å². The fraction of sp³-hybridized carbons (Fsp3) is 0.158. The maximum absolute atomic E-state index is 9.48. The summed E-state index contributed by atoms with van der Waals surface area (Å²) in [4.78, 5) is 0. The van der Waals surface area contributed by atoms with Gasteiger partial charge in [0.2, 0.25) is 0 Å². The second-order valence-corrected chi connectivity index (χ2v) is 5.03. The summed E-state index contributed by atoms with van der Waals surface area (Å²) in [5.41, 5.74) is 3.92. The molecule has 0 aromatic heterocycles. The van der Waals surface area contributed by atoms with E-state index < -0.39 is 0 Å². The van der Waals surface area contributed by atoms with Crippen LogP contribution in [0.4, 0.5) is 0 Å². The Balaban J connectivity index is 2.57. The highest BCUT2D eigenvalue weighted by Gasteiger charge is 2.10. The highest BCUT2D eigenvalue weighted by atomic mass is 16.3. The topological polar surface area (TPSA) is 60.7 Å². The average Bonchev–Trinajstić information content (AvgIpc) is 2.54. The van der Waals surface area contributed by atoms with Crippen LogP contribution in [0.1, 0.15) is 24.0 Å². The van der Waals surface area contributed by atoms with Crippen molar-refractivity contribution in [3.8, 4) is 11.5 Å². The molecule has 0 saturated carbocycles. The number of aliphatic hydroxyl groups is 1. The van der Waals surface area contributed by atoms with Gasteiger partial charge in [-0.3, -0.25) is 0 Å². The van der Waals surface area contributed by atoms with E-state index in [1.807, 2.05) is 24.3 Å². The van der Waals surface area contributed by atoms with Crippen LogP contribution in [0.2, 0.25) is 0 Å². The highest BCUT2D eigenvalue weighted by molar-refractivity contribution is 5.83. The van der Waals surface area contributed by atoms with Gasteiger partial charge in [0.25, 0.3) is 0 Å². The number of aromatic hydroxyl groups is 2. The standard InChI is InChI=1S/C19H20O3/c1-2-14(4-3-13-20)19(15-5-9-17(21)10-6-15)16-7-11-18(22)12-8-16/h2,5-12,20-22H,1,3-4,13H2. The molecule has 0 unspecified atom stereocenters. The summed E-state index contributed by atoms with van der Waals surface area (Å²) in [6.07, 6.45) is 3.16. The van der Waals surface area contributed by atoms with E-state index in [1.165, 1.54) is 0 Å². The molecule has 2 rings (SSSR count). The number of benzene rings is 2. The van der Waals surface area contributed by atoms with E-state index in [-0.39, 0.29) is 18.1 Å². The van der Waals surface area contributed by atoms with Crippen LogP contribution in [0.3, 0.4) is 0 Å². The van der Waals surface area contributed by atoms with Gasteiger partial charge < -0.3 is 15.3 Å². The predicted molar refractivity (Wildman–Crippen MR) is 88.8 cm³/mol. The van der Waals surface area contributed by atoms with Crippen LogP contribution in [0.25, 0.3) is 5.57 Å². The third-order valence-corrected chi connectivity index (χ3v) is 3.48. The van der Waals surface area contributed by atoms with Gasteiger partial charge in [-0.25, -0.2) is 0 Å². The molecule has 0 atom stereocenters. The van der Waals surface area contributed by atoms with Crippen LogP contribution in [-0.2, 0) is 0 Å².